The SMILES string of the molecule is CN=C(NCCN1CCc2ccccc2C1)N(C)Cc1csc(C(C)OC)n1. The quantitative estimate of drug-likeness (QED) is 0.571. The van der Waals surface area contributed by atoms with Crippen molar-refractivity contribution in [1.29, 1.82) is 0 Å². The van der Waals surface area contributed by atoms with E-state index in [1.54, 1.807) is 18.4 Å². The first-order chi connectivity index (χ1) is 13.6. The van der Waals surface area contributed by atoms with E-state index in [1.807, 2.05) is 21.0 Å². The molecule has 0 radical (unpaired) electrons. The van der Waals surface area contributed by atoms with Gasteiger partial charge in [0.05, 0.1) is 12.2 Å². The van der Waals surface area contributed by atoms with Gasteiger partial charge in [-0.2, -0.15) is 0 Å². The number of benzene rings is 1. The molecule has 152 valence electrons. The lowest BCUT2D eigenvalue weighted by atomic mass is 10.00. The van der Waals surface area contributed by atoms with Crippen LogP contribution in [0.15, 0.2) is 34.6 Å². The van der Waals surface area contributed by atoms with Crippen LogP contribution >= 0.6 is 11.3 Å². The van der Waals surface area contributed by atoms with Gasteiger partial charge in [-0.15, -0.1) is 11.3 Å². The Labute approximate surface area is 172 Å². The minimum Gasteiger partial charge on any atom is -0.375 e. The lowest BCUT2D eigenvalue weighted by Crippen LogP contribution is -2.43. The van der Waals surface area contributed by atoms with Crippen LogP contribution in [-0.4, -0.2) is 61.6 Å². The lowest BCUT2D eigenvalue weighted by Gasteiger charge is -2.29. The number of nitrogens with one attached hydrogen (secondary N) is 1. The Morgan fingerprint density at radius 1 is 1.39 bits per heavy atom. The lowest BCUT2D eigenvalue weighted by molar-refractivity contribution is 0.119. The molecule has 0 spiro atoms. The molecule has 0 aliphatic carbocycles. The van der Waals surface area contributed by atoms with Gasteiger partial charge in [-0.3, -0.25) is 9.89 Å². The van der Waals surface area contributed by atoms with E-state index in [4.69, 9.17) is 4.74 Å². The number of rotatable bonds is 7. The molecule has 1 aliphatic heterocycles. The van der Waals surface area contributed by atoms with Crippen molar-refractivity contribution in [2.75, 3.05) is 40.8 Å². The number of guanidine groups is 1. The maximum absolute atomic E-state index is 5.35. The number of aromatic nitrogens is 1. The van der Waals surface area contributed by atoms with Gasteiger partial charge in [-0.05, 0) is 24.5 Å². The first-order valence-electron chi connectivity index (χ1n) is 9.78. The first-order valence-corrected chi connectivity index (χ1v) is 10.7. The number of methoxy groups -OCH3 is 1. The Morgan fingerprint density at radius 2 is 2.18 bits per heavy atom. The Balaban J connectivity index is 1.46. The molecule has 0 saturated heterocycles. The summed E-state index contributed by atoms with van der Waals surface area (Å²) in [6, 6.07) is 8.76. The van der Waals surface area contributed by atoms with Crippen molar-refractivity contribution in [3.05, 3.63) is 51.5 Å². The number of nitrogens with zero attached hydrogens (tertiary/aromatic N) is 4. The number of ether oxygens (including phenoxy) is 1. The summed E-state index contributed by atoms with van der Waals surface area (Å²) in [6.45, 7) is 6.78. The number of hydrogen-bond acceptors (Lipinski definition) is 5. The van der Waals surface area contributed by atoms with E-state index in [1.165, 1.54) is 11.1 Å². The third kappa shape index (κ3) is 5.31. The van der Waals surface area contributed by atoms with Crippen LogP contribution in [0.2, 0.25) is 0 Å². The number of aliphatic imine (C=N–C) groups is 1. The van der Waals surface area contributed by atoms with Crippen LogP contribution in [0.25, 0.3) is 0 Å². The molecule has 1 N–H and O–H groups in total. The van der Waals surface area contributed by atoms with E-state index < -0.39 is 0 Å². The van der Waals surface area contributed by atoms with E-state index in [0.717, 1.165) is 55.8 Å². The van der Waals surface area contributed by atoms with Crippen molar-refractivity contribution in [1.82, 2.24) is 20.1 Å². The average molecular weight is 402 g/mol. The minimum absolute atomic E-state index is 0.0381. The van der Waals surface area contributed by atoms with E-state index in [2.05, 4.69) is 54.7 Å². The van der Waals surface area contributed by atoms with Gasteiger partial charge in [-0.1, -0.05) is 24.3 Å². The molecule has 0 fully saturated rings. The second-order valence-corrected chi connectivity index (χ2v) is 8.07. The molecule has 6 nitrogen and oxygen atoms in total. The Kier molecular flexibility index (Phi) is 7.42. The summed E-state index contributed by atoms with van der Waals surface area (Å²) in [6.07, 6.45) is 1.17. The summed E-state index contributed by atoms with van der Waals surface area (Å²) in [7, 11) is 5.59. The largest absolute Gasteiger partial charge is 0.375 e. The van der Waals surface area contributed by atoms with Gasteiger partial charge in [0.25, 0.3) is 0 Å². The predicted molar refractivity (Wildman–Crippen MR) is 116 cm³/mol. The Bertz CT molecular complexity index is 791. The highest BCUT2D eigenvalue weighted by molar-refractivity contribution is 7.09. The van der Waals surface area contributed by atoms with Crippen LogP contribution < -0.4 is 5.32 Å². The molecule has 0 amide bonds. The van der Waals surface area contributed by atoms with Crippen LogP contribution in [-0.2, 0) is 24.2 Å². The molecular weight excluding hydrogens is 370 g/mol. The summed E-state index contributed by atoms with van der Waals surface area (Å²) in [5.41, 5.74) is 3.99. The summed E-state index contributed by atoms with van der Waals surface area (Å²) in [5, 5.41) is 6.60. The van der Waals surface area contributed by atoms with Crippen LogP contribution in [0.4, 0.5) is 0 Å². The van der Waals surface area contributed by atoms with Crippen molar-refractivity contribution in [2.45, 2.75) is 32.5 Å². The molecule has 0 saturated carbocycles. The van der Waals surface area contributed by atoms with Gasteiger partial charge in [0.1, 0.15) is 11.1 Å². The Hall–Kier alpha value is -1.96. The molecule has 0 bridgehead atoms. The maximum Gasteiger partial charge on any atom is 0.193 e. The van der Waals surface area contributed by atoms with Crippen LogP contribution in [0.5, 0.6) is 0 Å². The van der Waals surface area contributed by atoms with Gasteiger partial charge in [0, 0.05) is 52.8 Å². The molecule has 1 aromatic carbocycles. The number of thiazole rings is 1. The average Bonchev–Trinajstić information content (AvgIpc) is 3.18. The van der Waals surface area contributed by atoms with E-state index >= 15 is 0 Å². The summed E-state index contributed by atoms with van der Waals surface area (Å²) in [5.74, 6) is 0.895. The predicted octanol–water partition coefficient (Wildman–Crippen LogP) is 2.92. The molecule has 1 unspecified atom stereocenters. The van der Waals surface area contributed by atoms with E-state index in [9.17, 15) is 0 Å². The Morgan fingerprint density at radius 3 is 2.93 bits per heavy atom. The number of hydrogen-bond donors (Lipinski definition) is 1. The van der Waals surface area contributed by atoms with E-state index in [0.29, 0.717) is 0 Å². The van der Waals surface area contributed by atoms with Gasteiger partial charge in [0.2, 0.25) is 0 Å². The van der Waals surface area contributed by atoms with Crippen molar-refractivity contribution in [2.24, 2.45) is 4.99 Å². The van der Waals surface area contributed by atoms with Gasteiger partial charge < -0.3 is 15.0 Å². The van der Waals surface area contributed by atoms with Crippen LogP contribution in [0.1, 0.15) is 34.9 Å². The fourth-order valence-corrected chi connectivity index (χ4v) is 4.30. The highest BCUT2D eigenvalue weighted by Crippen LogP contribution is 2.21. The van der Waals surface area contributed by atoms with Crippen molar-refractivity contribution < 1.29 is 4.74 Å². The number of fused-ring (bicyclic) bond motifs is 1. The maximum atomic E-state index is 5.35. The van der Waals surface area contributed by atoms with Gasteiger partial charge >= 0.3 is 0 Å². The van der Waals surface area contributed by atoms with Crippen molar-refractivity contribution >= 4 is 17.3 Å². The van der Waals surface area contributed by atoms with Crippen LogP contribution in [0, 0.1) is 0 Å². The van der Waals surface area contributed by atoms with Gasteiger partial charge in [0.15, 0.2) is 5.96 Å². The van der Waals surface area contributed by atoms with Gasteiger partial charge in [-0.25, -0.2) is 4.98 Å². The highest BCUT2D eigenvalue weighted by Gasteiger charge is 2.16. The smallest absolute Gasteiger partial charge is 0.193 e. The second kappa shape index (κ2) is 10.0. The molecule has 1 aliphatic rings. The zero-order valence-electron chi connectivity index (χ0n) is 17.3. The summed E-state index contributed by atoms with van der Waals surface area (Å²) < 4.78 is 5.35. The fourth-order valence-electron chi connectivity index (χ4n) is 3.46. The van der Waals surface area contributed by atoms with Crippen molar-refractivity contribution in [3.8, 4) is 0 Å². The highest BCUT2D eigenvalue weighted by atomic mass is 32.1. The minimum atomic E-state index is 0.0381. The third-order valence-corrected chi connectivity index (χ3v) is 6.22. The van der Waals surface area contributed by atoms with Crippen LogP contribution in [0.3, 0.4) is 0 Å². The molecule has 2 aromatic rings. The molecular formula is C21H31N5OS. The summed E-state index contributed by atoms with van der Waals surface area (Å²) in [4.78, 5) is 13.7. The molecule has 1 aromatic heterocycles. The fraction of sp³-hybridized carbons (Fsp3) is 0.524. The normalized spacial score (nSPS) is 15.9. The van der Waals surface area contributed by atoms with Crippen molar-refractivity contribution in [3.63, 3.8) is 0 Å². The standard InChI is InChI=1S/C21H31N5OS/c1-16(27-4)20-24-19(15-28-20)14-25(3)21(22-2)23-10-12-26-11-9-17-7-5-6-8-18(17)13-26/h5-8,15-16H,9-14H2,1-4H3,(H,22,23). The zero-order chi connectivity index (χ0) is 19.9. The molecule has 3 rings (SSSR count). The zero-order valence-corrected chi connectivity index (χ0v) is 18.1. The molecule has 1 atom stereocenters. The molecule has 7 heteroatoms. The molecule has 28 heavy (non-hydrogen) atoms. The monoisotopic (exact) mass is 401 g/mol. The second-order valence-electron chi connectivity index (χ2n) is 7.18. The summed E-state index contributed by atoms with van der Waals surface area (Å²) >= 11 is 1.64. The third-order valence-electron chi connectivity index (χ3n) is 5.16. The van der Waals surface area contributed by atoms with E-state index in [-0.39, 0.29) is 6.10 Å². The topological polar surface area (TPSA) is 53.0 Å². The first kappa shape index (κ1) is 20.8. The molecule has 2 heterocycles.